The Morgan fingerprint density at radius 1 is 0.944 bits per heavy atom. The van der Waals surface area contributed by atoms with Gasteiger partial charge in [-0.15, -0.1) is 0 Å². The zero-order chi connectivity index (χ0) is 26.6. The van der Waals surface area contributed by atoms with Gasteiger partial charge in [-0.05, 0) is 81.8 Å². The van der Waals surface area contributed by atoms with E-state index in [1.807, 2.05) is 63.2 Å². The summed E-state index contributed by atoms with van der Waals surface area (Å²) in [7, 11) is -3.72. The molecule has 2 N–H and O–H groups in total. The highest BCUT2D eigenvalue weighted by atomic mass is 32.2. The molecule has 0 bridgehead atoms. The first-order valence-corrected chi connectivity index (χ1v) is 13.6. The number of carboxylic acids is 1. The third kappa shape index (κ3) is 4.90. The Balaban J connectivity index is 2.18. The fourth-order valence-corrected chi connectivity index (χ4v) is 6.26. The van der Waals surface area contributed by atoms with Crippen LogP contribution in [0.15, 0.2) is 42.5 Å². The van der Waals surface area contributed by atoms with Crippen molar-refractivity contribution in [3.05, 3.63) is 75.8 Å². The number of ether oxygens (including phenoxy) is 1. The van der Waals surface area contributed by atoms with E-state index in [0.29, 0.717) is 22.4 Å². The Morgan fingerprint density at radius 3 is 2.14 bits per heavy atom. The van der Waals surface area contributed by atoms with E-state index in [4.69, 9.17) is 4.74 Å². The van der Waals surface area contributed by atoms with Crippen molar-refractivity contribution in [2.45, 2.75) is 65.9 Å². The van der Waals surface area contributed by atoms with E-state index < -0.39 is 27.7 Å². The molecule has 0 saturated heterocycles. The summed E-state index contributed by atoms with van der Waals surface area (Å²) in [6, 6.07) is 13.7. The van der Waals surface area contributed by atoms with Gasteiger partial charge >= 0.3 is 5.97 Å². The predicted octanol–water partition coefficient (Wildman–Crippen LogP) is 6.45. The van der Waals surface area contributed by atoms with Gasteiger partial charge in [-0.25, -0.2) is 13.2 Å². The fourth-order valence-electron chi connectivity index (χ4n) is 4.98. The molecule has 1 aliphatic heterocycles. The molecule has 190 valence electrons. The molecule has 1 aliphatic rings. The van der Waals surface area contributed by atoms with Crippen molar-refractivity contribution >= 4 is 21.7 Å². The van der Waals surface area contributed by atoms with Crippen LogP contribution in [0.1, 0.15) is 60.3 Å². The van der Waals surface area contributed by atoms with Crippen molar-refractivity contribution in [1.82, 2.24) is 0 Å². The van der Waals surface area contributed by atoms with Gasteiger partial charge in [-0.2, -0.15) is 0 Å². The van der Waals surface area contributed by atoms with Crippen LogP contribution in [0.5, 0.6) is 0 Å². The summed E-state index contributed by atoms with van der Waals surface area (Å²) in [5.74, 6) is -1.29. The molecule has 3 aromatic rings. The number of aryl methyl sites for hydroxylation is 2. The normalized spacial score (nSPS) is 15.3. The number of hydrogen-bond acceptors (Lipinski definition) is 4. The summed E-state index contributed by atoms with van der Waals surface area (Å²) < 4.78 is 35.2. The van der Waals surface area contributed by atoms with E-state index in [2.05, 4.69) is 4.72 Å². The SMILES string of the molecule is Cc1ccc(-c2c(C)c3c(c(C)c2[C@H](OC(C)(C)C)C(=O)O)NS(=O)(=O)Cc2cc(C)ccc2-3)cc1. The minimum absolute atomic E-state index is 0.159. The van der Waals surface area contributed by atoms with Gasteiger partial charge in [0.05, 0.1) is 17.0 Å². The largest absolute Gasteiger partial charge is 0.479 e. The Bertz CT molecular complexity index is 1470. The number of carboxylic acid groups (broad SMARTS) is 1. The number of rotatable bonds is 4. The summed E-state index contributed by atoms with van der Waals surface area (Å²) in [5.41, 5.74) is 7.42. The van der Waals surface area contributed by atoms with Crippen LogP contribution in [0.4, 0.5) is 5.69 Å². The van der Waals surface area contributed by atoms with Gasteiger partial charge in [0.25, 0.3) is 0 Å². The standard InChI is InChI=1S/C29H33NO5S/c1-16-8-11-20(12-9-16)23-18(3)24-22-13-10-17(2)14-21(22)15-36(33,34)30-26(24)19(4)25(23)27(28(31)32)35-29(5,6)7/h8-14,27,30H,15H2,1-7H3,(H,31,32)/t27-/m0/s1. The number of benzene rings is 3. The Morgan fingerprint density at radius 2 is 1.56 bits per heavy atom. The maximum Gasteiger partial charge on any atom is 0.337 e. The maximum absolute atomic E-state index is 13.1. The molecule has 0 spiro atoms. The van der Waals surface area contributed by atoms with E-state index >= 15 is 0 Å². The van der Waals surface area contributed by atoms with Crippen molar-refractivity contribution in [2.75, 3.05) is 4.72 Å². The van der Waals surface area contributed by atoms with Crippen LogP contribution in [0, 0.1) is 27.7 Å². The smallest absolute Gasteiger partial charge is 0.337 e. The average Bonchev–Trinajstić information content (AvgIpc) is 2.87. The summed E-state index contributed by atoms with van der Waals surface area (Å²) in [6.07, 6.45) is -1.30. The van der Waals surface area contributed by atoms with Crippen LogP contribution in [-0.2, 0) is 25.3 Å². The monoisotopic (exact) mass is 507 g/mol. The molecule has 36 heavy (non-hydrogen) atoms. The molecule has 0 saturated carbocycles. The number of fused-ring (bicyclic) bond motifs is 3. The lowest BCUT2D eigenvalue weighted by molar-refractivity contribution is -0.160. The lowest BCUT2D eigenvalue weighted by Gasteiger charge is -2.31. The Hall–Kier alpha value is -3.16. The average molecular weight is 508 g/mol. The highest BCUT2D eigenvalue weighted by molar-refractivity contribution is 7.92. The summed E-state index contributed by atoms with van der Waals surface area (Å²) in [4.78, 5) is 12.6. The van der Waals surface area contributed by atoms with Crippen molar-refractivity contribution in [2.24, 2.45) is 0 Å². The van der Waals surface area contributed by atoms with E-state index in [9.17, 15) is 18.3 Å². The van der Waals surface area contributed by atoms with Crippen molar-refractivity contribution < 1.29 is 23.1 Å². The minimum Gasteiger partial charge on any atom is -0.479 e. The van der Waals surface area contributed by atoms with Crippen molar-refractivity contribution in [3.8, 4) is 22.3 Å². The lowest BCUT2D eigenvalue weighted by Crippen LogP contribution is -2.29. The third-order valence-electron chi connectivity index (χ3n) is 6.48. The minimum atomic E-state index is -3.72. The Labute approximate surface area is 213 Å². The molecule has 4 rings (SSSR count). The molecule has 0 radical (unpaired) electrons. The fraction of sp³-hybridized carbons (Fsp3) is 0.345. The van der Waals surface area contributed by atoms with Gasteiger partial charge in [0, 0.05) is 11.1 Å². The van der Waals surface area contributed by atoms with Gasteiger partial charge in [-0.1, -0.05) is 53.6 Å². The second-order valence-corrected chi connectivity index (χ2v) is 12.3. The first-order chi connectivity index (χ1) is 16.7. The summed E-state index contributed by atoms with van der Waals surface area (Å²) >= 11 is 0. The predicted molar refractivity (Wildman–Crippen MR) is 144 cm³/mol. The molecule has 0 fully saturated rings. The number of aliphatic carboxylic acids is 1. The highest BCUT2D eigenvalue weighted by Gasteiger charge is 2.36. The summed E-state index contributed by atoms with van der Waals surface area (Å²) in [6.45, 7) is 13.1. The van der Waals surface area contributed by atoms with Gasteiger partial charge in [0.15, 0.2) is 6.10 Å². The molecule has 7 heteroatoms. The molecule has 0 unspecified atom stereocenters. The van der Waals surface area contributed by atoms with Crippen LogP contribution in [0.25, 0.3) is 22.3 Å². The molecule has 6 nitrogen and oxygen atoms in total. The number of anilines is 1. The molecule has 0 aliphatic carbocycles. The zero-order valence-corrected chi connectivity index (χ0v) is 22.6. The van der Waals surface area contributed by atoms with Crippen molar-refractivity contribution in [3.63, 3.8) is 0 Å². The van der Waals surface area contributed by atoms with E-state index in [1.165, 1.54) is 0 Å². The number of hydrogen-bond donors (Lipinski definition) is 2. The molecule has 1 heterocycles. The van der Waals surface area contributed by atoms with Crippen LogP contribution in [0.3, 0.4) is 0 Å². The first-order valence-electron chi connectivity index (χ1n) is 11.9. The van der Waals surface area contributed by atoms with Crippen molar-refractivity contribution in [1.29, 1.82) is 0 Å². The molecule has 1 atom stereocenters. The van der Waals surface area contributed by atoms with Gasteiger partial charge in [-0.3, -0.25) is 4.72 Å². The van der Waals surface area contributed by atoms with Gasteiger partial charge in [0.1, 0.15) is 0 Å². The van der Waals surface area contributed by atoms with E-state index in [1.54, 1.807) is 27.7 Å². The zero-order valence-electron chi connectivity index (χ0n) is 21.8. The maximum atomic E-state index is 13.1. The number of nitrogens with one attached hydrogen (secondary N) is 1. The Kier molecular flexibility index (Phi) is 6.52. The number of carbonyl (C=O) groups is 1. The molecular formula is C29H33NO5S. The quantitative estimate of drug-likeness (QED) is 0.423. The van der Waals surface area contributed by atoms with Gasteiger partial charge in [0.2, 0.25) is 10.0 Å². The first kappa shape index (κ1) is 25.9. The molecule has 0 aromatic heterocycles. The van der Waals surface area contributed by atoms with Crippen LogP contribution < -0.4 is 4.72 Å². The number of sulfonamides is 1. The lowest BCUT2D eigenvalue weighted by atomic mass is 9.81. The van der Waals surface area contributed by atoms with Crippen LogP contribution in [-0.4, -0.2) is 25.1 Å². The van der Waals surface area contributed by atoms with Crippen LogP contribution in [0.2, 0.25) is 0 Å². The topological polar surface area (TPSA) is 92.7 Å². The van der Waals surface area contributed by atoms with Gasteiger partial charge < -0.3 is 9.84 Å². The third-order valence-corrected chi connectivity index (χ3v) is 7.69. The summed E-state index contributed by atoms with van der Waals surface area (Å²) in [5, 5.41) is 10.3. The molecular weight excluding hydrogens is 474 g/mol. The van der Waals surface area contributed by atoms with E-state index in [-0.39, 0.29) is 5.75 Å². The molecule has 0 amide bonds. The highest BCUT2D eigenvalue weighted by Crippen LogP contribution is 2.49. The molecule has 3 aromatic carbocycles. The van der Waals surface area contributed by atoms with E-state index in [0.717, 1.165) is 38.9 Å². The second-order valence-electron chi connectivity index (χ2n) is 10.6. The second kappa shape index (κ2) is 9.05. The van der Waals surface area contributed by atoms with Crippen LogP contribution >= 0.6 is 0 Å².